The van der Waals surface area contributed by atoms with Crippen molar-refractivity contribution in [3.05, 3.63) is 0 Å². The Morgan fingerprint density at radius 3 is 1.07 bits per heavy atom. The van der Waals surface area contributed by atoms with Crippen LogP contribution in [0.4, 0.5) is 0 Å². The monoisotopic (exact) mass is 409 g/mol. The van der Waals surface area contributed by atoms with Crippen molar-refractivity contribution in [3.63, 3.8) is 0 Å². The van der Waals surface area contributed by atoms with Crippen LogP contribution >= 0.6 is 0 Å². The van der Waals surface area contributed by atoms with Gasteiger partial charge in [-0.15, -0.1) is 0 Å². The van der Waals surface area contributed by atoms with Gasteiger partial charge in [0.25, 0.3) is 0 Å². The topological polar surface area (TPSA) is 3.24 Å². The summed E-state index contributed by atoms with van der Waals surface area (Å²) in [7, 11) is 0. The van der Waals surface area contributed by atoms with E-state index in [1.165, 1.54) is 148 Å². The second kappa shape index (κ2) is 24.2. The molecule has 1 heteroatoms. The molecule has 1 nitrogen and oxygen atoms in total. The molecule has 0 N–H and O–H groups in total. The number of hydrogen-bond acceptors (Lipinski definition) is 1. The first-order chi connectivity index (χ1) is 14.2. The first kappa shape index (κ1) is 29.0. The molecule has 0 aliphatic carbocycles. The van der Waals surface area contributed by atoms with E-state index in [-0.39, 0.29) is 0 Å². The van der Waals surface area contributed by atoms with E-state index >= 15 is 0 Å². The van der Waals surface area contributed by atoms with Crippen molar-refractivity contribution in [2.24, 2.45) is 5.92 Å². The molecule has 0 aromatic rings. The van der Waals surface area contributed by atoms with Gasteiger partial charge in [-0.1, -0.05) is 137 Å². The third-order valence-corrected chi connectivity index (χ3v) is 6.41. The number of rotatable bonds is 24. The maximum Gasteiger partial charge on any atom is -0.00187 e. The van der Waals surface area contributed by atoms with E-state index in [0.717, 1.165) is 5.92 Å². The van der Waals surface area contributed by atoms with Gasteiger partial charge in [-0.25, -0.2) is 0 Å². The molecule has 0 bridgehead atoms. The maximum absolute atomic E-state index is 2.80. The van der Waals surface area contributed by atoms with Crippen molar-refractivity contribution < 1.29 is 0 Å². The van der Waals surface area contributed by atoms with Gasteiger partial charge < -0.3 is 4.90 Å². The predicted octanol–water partition coefficient (Wildman–Crippen LogP) is 9.79. The van der Waals surface area contributed by atoms with Crippen LogP contribution in [0.1, 0.15) is 156 Å². The van der Waals surface area contributed by atoms with E-state index in [0.29, 0.717) is 0 Å². The molecule has 0 aromatic heterocycles. The molecule has 0 rings (SSSR count). The first-order valence-electron chi connectivity index (χ1n) is 13.9. The molecule has 0 saturated heterocycles. The lowest BCUT2D eigenvalue weighted by Gasteiger charge is -2.22. The Kier molecular flexibility index (Phi) is 24.2. The Labute approximate surface area is 186 Å². The second-order valence-corrected chi connectivity index (χ2v) is 10.0. The molecule has 0 spiro atoms. The normalized spacial score (nSPS) is 11.8. The van der Waals surface area contributed by atoms with Crippen molar-refractivity contribution in [1.29, 1.82) is 0 Å². The molecule has 29 heavy (non-hydrogen) atoms. The third-order valence-electron chi connectivity index (χ3n) is 6.41. The van der Waals surface area contributed by atoms with E-state index in [9.17, 15) is 0 Å². The predicted molar refractivity (Wildman–Crippen MR) is 135 cm³/mol. The van der Waals surface area contributed by atoms with Crippen molar-refractivity contribution in [1.82, 2.24) is 4.90 Å². The molecule has 0 aliphatic heterocycles. The first-order valence-corrected chi connectivity index (χ1v) is 13.9. The van der Waals surface area contributed by atoms with Crippen LogP contribution in [-0.4, -0.2) is 24.5 Å². The van der Waals surface area contributed by atoms with Gasteiger partial charge in [-0.05, 0) is 44.8 Å². The molecule has 0 radical (unpaired) electrons. The quantitative estimate of drug-likeness (QED) is 0.143. The molecule has 0 atom stereocenters. The Bertz CT molecular complexity index is 272. The summed E-state index contributed by atoms with van der Waals surface area (Å²) in [5.41, 5.74) is 0. The van der Waals surface area contributed by atoms with Crippen LogP contribution in [0.3, 0.4) is 0 Å². The molecule has 0 saturated carbocycles. The van der Waals surface area contributed by atoms with Crippen LogP contribution in [0.15, 0.2) is 0 Å². The molecule has 176 valence electrons. The average molecular weight is 410 g/mol. The Morgan fingerprint density at radius 1 is 0.414 bits per heavy atom. The summed E-state index contributed by atoms with van der Waals surface area (Å²) in [5, 5.41) is 0. The molecule has 0 amide bonds. The van der Waals surface area contributed by atoms with Gasteiger partial charge in [0.1, 0.15) is 0 Å². The SMILES string of the molecule is CCCCCCCN(CCCCCCC)CCCCCCCCCCCC(C)C. The standard InChI is InChI=1S/C28H59N/c1-5-7-9-17-21-25-29(26-22-18-10-8-6-2)27-23-19-15-13-11-12-14-16-20-24-28(3)4/h28H,5-27H2,1-4H3. The van der Waals surface area contributed by atoms with E-state index in [4.69, 9.17) is 0 Å². The fourth-order valence-electron chi connectivity index (χ4n) is 4.34. The van der Waals surface area contributed by atoms with Crippen LogP contribution in [0.2, 0.25) is 0 Å². The fourth-order valence-corrected chi connectivity index (χ4v) is 4.34. The summed E-state index contributed by atoms with van der Waals surface area (Å²) in [5.74, 6) is 0.891. The van der Waals surface area contributed by atoms with Crippen molar-refractivity contribution in [2.45, 2.75) is 156 Å². The van der Waals surface area contributed by atoms with Crippen LogP contribution < -0.4 is 0 Å². The highest BCUT2D eigenvalue weighted by atomic mass is 15.1. The Morgan fingerprint density at radius 2 is 0.724 bits per heavy atom. The van der Waals surface area contributed by atoms with Crippen LogP contribution in [0.25, 0.3) is 0 Å². The molecule has 0 aromatic carbocycles. The van der Waals surface area contributed by atoms with E-state index in [1.54, 1.807) is 0 Å². The largest absolute Gasteiger partial charge is 0.303 e. The van der Waals surface area contributed by atoms with Crippen molar-refractivity contribution in [3.8, 4) is 0 Å². The van der Waals surface area contributed by atoms with Crippen LogP contribution in [-0.2, 0) is 0 Å². The van der Waals surface area contributed by atoms with Crippen molar-refractivity contribution >= 4 is 0 Å². The molecular formula is C28H59N. The van der Waals surface area contributed by atoms with Crippen LogP contribution in [0, 0.1) is 5.92 Å². The summed E-state index contributed by atoms with van der Waals surface area (Å²) < 4.78 is 0. The van der Waals surface area contributed by atoms with E-state index in [1.807, 2.05) is 0 Å². The lowest BCUT2D eigenvalue weighted by molar-refractivity contribution is 0.254. The molecule has 0 aliphatic rings. The molecular weight excluding hydrogens is 350 g/mol. The maximum atomic E-state index is 2.80. The summed E-state index contributed by atoms with van der Waals surface area (Å²) in [4.78, 5) is 2.80. The lowest BCUT2D eigenvalue weighted by Crippen LogP contribution is -2.27. The van der Waals surface area contributed by atoms with Gasteiger partial charge in [-0.2, -0.15) is 0 Å². The minimum Gasteiger partial charge on any atom is -0.303 e. The highest BCUT2D eigenvalue weighted by molar-refractivity contribution is 4.60. The van der Waals surface area contributed by atoms with Crippen LogP contribution in [0.5, 0.6) is 0 Å². The Balaban J connectivity index is 3.66. The van der Waals surface area contributed by atoms with Crippen molar-refractivity contribution in [2.75, 3.05) is 19.6 Å². The summed E-state index contributed by atoms with van der Waals surface area (Å²) in [6, 6.07) is 0. The van der Waals surface area contributed by atoms with Gasteiger partial charge in [0, 0.05) is 0 Å². The highest BCUT2D eigenvalue weighted by Crippen LogP contribution is 2.14. The Hall–Kier alpha value is -0.0400. The van der Waals surface area contributed by atoms with E-state index in [2.05, 4.69) is 32.6 Å². The fraction of sp³-hybridized carbons (Fsp3) is 1.00. The third kappa shape index (κ3) is 24.1. The molecule has 0 fully saturated rings. The van der Waals surface area contributed by atoms with Gasteiger partial charge in [0.05, 0.1) is 0 Å². The van der Waals surface area contributed by atoms with Gasteiger partial charge in [-0.3, -0.25) is 0 Å². The lowest BCUT2D eigenvalue weighted by atomic mass is 10.0. The van der Waals surface area contributed by atoms with Gasteiger partial charge in [0.15, 0.2) is 0 Å². The van der Waals surface area contributed by atoms with E-state index < -0.39 is 0 Å². The van der Waals surface area contributed by atoms with Gasteiger partial charge in [0.2, 0.25) is 0 Å². The smallest absolute Gasteiger partial charge is 0.00187 e. The molecule has 0 unspecified atom stereocenters. The highest BCUT2D eigenvalue weighted by Gasteiger charge is 2.05. The zero-order valence-corrected chi connectivity index (χ0v) is 21.3. The number of hydrogen-bond donors (Lipinski definition) is 0. The minimum absolute atomic E-state index is 0.891. The summed E-state index contributed by atoms with van der Waals surface area (Å²) >= 11 is 0. The molecule has 0 heterocycles. The zero-order chi connectivity index (χ0) is 21.4. The average Bonchev–Trinajstić information content (AvgIpc) is 2.70. The number of unbranched alkanes of at least 4 members (excludes halogenated alkanes) is 16. The zero-order valence-electron chi connectivity index (χ0n) is 21.3. The summed E-state index contributed by atoms with van der Waals surface area (Å²) in [6.07, 6.45) is 28.8. The second-order valence-electron chi connectivity index (χ2n) is 10.0. The number of nitrogens with zero attached hydrogens (tertiary/aromatic N) is 1. The van der Waals surface area contributed by atoms with Gasteiger partial charge >= 0.3 is 0 Å². The minimum atomic E-state index is 0.891. The summed E-state index contributed by atoms with van der Waals surface area (Å²) in [6.45, 7) is 13.4.